The number of fused-ring (bicyclic) bond motifs is 1. The van der Waals surface area contributed by atoms with Gasteiger partial charge in [-0.05, 0) is 43.2 Å². The van der Waals surface area contributed by atoms with Crippen LogP contribution in [0.2, 0.25) is 0 Å². The van der Waals surface area contributed by atoms with Crippen molar-refractivity contribution >= 4 is 17.5 Å². The first-order chi connectivity index (χ1) is 14.1. The molecule has 2 aromatic carbocycles. The maximum Gasteiger partial charge on any atom is 0.250 e. The van der Waals surface area contributed by atoms with Gasteiger partial charge in [-0.15, -0.1) is 0 Å². The summed E-state index contributed by atoms with van der Waals surface area (Å²) in [5.41, 5.74) is 6.60. The van der Waals surface area contributed by atoms with Gasteiger partial charge in [0.05, 0.1) is 22.4 Å². The van der Waals surface area contributed by atoms with Crippen LogP contribution in [0.25, 0.3) is 11.3 Å². The predicted molar refractivity (Wildman–Crippen MR) is 103 cm³/mol. The van der Waals surface area contributed by atoms with Gasteiger partial charge in [0.15, 0.2) is 17.3 Å². The van der Waals surface area contributed by atoms with Crippen LogP contribution in [0.15, 0.2) is 53.1 Å². The van der Waals surface area contributed by atoms with Gasteiger partial charge in [0.25, 0.3) is 5.91 Å². The number of carbonyl (C=O) groups is 2. The van der Waals surface area contributed by atoms with Gasteiger partial charge < -0.3 is 25.0 Å². The topological polar surface area (TPSA) is 117 Å². The maximum atomic E-state index is 13.0. The van der Waals surface area contributed by atoms with E-state index >= 15 is 0 Å². The molecule has 1 aliphatic heterocycles. The summed E-state index contributed by atoms with van der Waals surface area (Å²) in [7, 11) is 0. The van der Waals surface area contributed by atoms with Crippen molar-refractivity contribution in [1.82, 2.24) is 5.16 Å². The van der Waals surface area contributed by atoms with E-state index in [1.54, 1.807) is 36.4 Å². The highest BCUT2D eigenvalue weighted by Gasteiger charge is 2.54. The standard InChI is InChI=1S/C21H17N3O5/c22-19(25)13-3-1-2-4-14(13)23-20(26)21(7-8-21)18-10-16(29-24-18)12-5-6-15-17(9-12)28-11-27-15/h1-6,9-10H,7-8,11H2,(H2,22,25)(H,23,26). The number of nitrogens with one attached hydrogen (secondary N) is 1. The molecule has 0 spiro atoms. The number of benzene rings is 2. The normalized spacial score (nSPS) is 15.7. The summed E-state index contributed by atoms with van der Waals surface area (Å²) in [5.74, 6) is 1.02. The van der Waals surface area contributed by atoms with Crippen molar-refractivity contribution in [3.63, 3.8) is 0 Å². The van der Waals surface area contributed by atoms with Crippen LogP contribution < -0.4 is 20.5 Å². The van der Waals surface area contributed by atoms with Crippen LogP contribution in [0.4, 0.5) is 5.69 Å². The Kier molecular flexibility index (Phi) is 3.80. The molecular weight excluding hydrogens is 374 g/mol. The van der Waals surface area contributed by atoms with Crippen LogP contribution in [0, 0.1) is 0 Å². The maximum absolute atomic E-state index is 13.0. The molecule has 1 saturated carbocycles. The number of anilines is 1. The van der Waals surface area contributed by atoms with E-state index in [0.29, 0.717) is 41.5 Å². The minimum absolute atomic E-state index is 0.191. The number of rotatable bonds is 5. The van der Waals surface area contributed by atoms with Crippen molar-refractivity contribution in [2.24, 2.45) is 5.73 Å². The van der Waals surface area contributed by atoms with E-state index in [1.807, 2.05) is 12.1 Å². The fourth-order valence-electron chi connectivity index (χ4n) is 3.46. The number of aromatic nitrogens is 1. The minimum atomic E-state index is -0.775. The third-order valence-corrected chi connectivity index (χ3v) is 5.28. The van der Waals surface area contributed by atoms with E-state index in [2.05, 4.69) is 10.5 Å². The molecule has 5 rings (SSSR count). The molecule has 8 nitrogen and oxygen atoms in total. The first-order valence-electron chi connectivity index (χ1n) is 9.14. The van der Waals surface area contributed by atoms with E-state index in [1.165, 1.54) is 0 Å². The minimum Gasteiger partial charge on any atom is -0.454 e. The van der Waals surface area contributed by atoms with Crippen molar-refractivity contribution in [2.45, 2.75) is 18.3 Å². The number of nitrogens with two attached hydrogens (primary N) is 1. The number of primary amides is 1. The third-order valence-electron chi connectivity index (χ3n) is 5.28. The summed E-state index contributed by atoms with van der Waals surface area (Å²) >= 11 is 0. The van der Waals surface area contributed by atoms with Crippen molar-refractivity contribution in [3.8, 4) is 22.8 Å². The molecule has 2 aliphatic rings. The summed E-state index contributed by atoms with van der Waals surface area (Å²) in [6.45, 7) is 0.191. The van der Waals surface area contributed by atoms with E-state index in [0.717, 1.165) is 5.56 Å². The highest BCUT2D eigenvalue weighted by atomic mass is 16.7. The number of ether oxygens (including phenoxy) is 2. The Morgan fingerprint density at radius 2 is 1.83 bits per heavy atom. The van der Waals surface area contributed by atoms with Crippen LogP contribution in [-0.2, 0) is 10.2 Å². The summed E-state index contributed by atoms with van der Waals surface area (Å²) in [5, 5.41) is 6.96. The molecule has 0 radical (unpaired) electrons. The first-order valence-corrected chi connectivity index (χ1v) is 9.14. The van der Waals surface area contributed by atoms with Gasteiger partial charge in [-0.25, -0.2) is 0 Å². The Bertz CT molecular complexity index is 1130. The smallest absolute Gasteiger partial charge is 0.250 e. The number of hydrogen-bond donors (Lipinski definition) is 2. The van der Waals surface area contributed by atoms with E-state index in [4.69, 9.17) is 19.7 Å². The van der Waals surface area contributed by atoms with E-state index in [9.17, 15) is 9.59 Å². The van der Waals surface area contributed by atoms with E-state index < -0.39 is 11.3 Å². The number of hydrogen-bond acceptors (Lipinski definition) is 6. The summed E-state index contributed by atoms with van der Waals surface area (Å²) in [6.07, 6.45) is 1.29. The largest absolute Gasteiger partial charge is 0.454 e. The predicted octanol–water partition coefficient (Wildman–Crippen LogP) is 2.84. The number of para-hydroxylation sites is 1. The molecule has 0 unspecified atom stereocenters. The highest BCUT2D eigenvalue weighted by molar-refractivity contribution is 6.06. The lowest BCUT2D eigenvalue weighted by molar-refractivity contribution is -0.118. The van der Waals surface area contributed by atoms with Crippen LogP contribution in [0.5, 0.6) is 11.5 Å². The zero-order chi connectivity index (χ0) is 20.0. The van der Waals surface area contributed by atoms with E-state index in [-0.39, 0.29) is 18.3 Å². The van der Waals surface area contributed by atoms with Gasteiger partial charge in [-0.2, -0.15) is 0 Å². The quantitative estimate of drug-likeness (QED) is 0.691. The molecule has 3 aromatic rings. The Balaban J connectivity index is 1.40. The zero-order valence-electron chi connectivity index (χ0n) is 15.3. The Hall–Kier alpha value is -3.81. The highest BCUT2D eigenvalue weighted by Crippen LogP contribution is 2.49. The van der Waals surface area contributed by atoms with Crippen molar-refractivity contribution in [3.05, 3.63) is 59.8 Å². The molecule has 2 amide bonds. The number of nitrogens with zero attached hydrogens (tertiary/aromatic N) is 1. The van der Waals surface area contributed by atoms with Gasteiger partial charge in [-0.1, -0.05) is 17.3 Å². The SMILES string of the molecule is NC(=O)c1ccccc1NC(=O)C1(c2cc(-c3ccc4c(c3)OCO4)on2)CC1. The van der Waals surface area contributed by atoms with Crippen molar-refractivity contribution in [1.29, 1.82) is 0 Å². The monoisotopic (exact) mass is 391 g/mol. The summed E-state index contributed by atoms with van der Waals surface area (Å²) in [6, 6.07) is 13.9. The number of amides is 2. The molecular formula is C21H17N3O5. The molecule has 3 N–H and O–H groups in total. The molecule has 0 bridgehead atoms. The Morgan fingerprint density at radius 1 is 1.03 bits per heavy atom. The lowest BCUT2D eigenvalue weighted by Gasteiger charge is -2.14. The molecule has 2 heterocycles. The summed E-state index contributed by atoms with van der Waals surface area (Å²) < 4.78 is 16.2. The second-order valence-corrected chi connectivity index (χ2v) is 7.09. The van der Waals surface area contributed by atoms with Crippen LogP contribution >= 0.6 is 0 Å². The first kappa shape index (κ1) is 17.3. The van der Waals surface area contributed by atoms with Gasteiger partial charge in [0.1, 0.15) is 0 Å². The van der Waals surface area contributed by atoms with Gasteiger partial charge in [0, 0.05) is 11.6 Å². The molecule has 146 valence electrons. The molecule has 1 aliphatic carbocycles. The fraction of sp³-hybridized carbons (Fsp3) is 0.190. The Morgan fingerprint density at radius 3 is 2.62 bits per heavy atom. The second kappa shape index (κ2) is 6.37. The Labute approximate surface area is 165 Å². The lowest BCUT2D eigenvalue weighted by atomic mass is 9.99. The number of carbonyl (C=O) groups excluding carboxylic acids is 2. The summed E-state index contributed by atoms with van der Waals surface area (Å²) in [4.78, 5) is 24.6. The molecule has 0 atom stereocenters. The van der Waals surface area contributed by atoms with Gasteiger partial charge >= 0.3 is 0 Å². The van der Waals surface area contributed by atoms with Crippen LogP contribution in [0.3, 0.4) is 0 Å². The van der Waals surface area contributed by atoms with Crippen molar-refractivity contribution in [2.75, 3.05) is 12.1 Å². The molecule has 0 saturated heterocycles. The average molecular weight is 391 g/mol. The molecule has 1 aromatic heterocycles. The molecule has 8 heteroatoms. The second-order valence-electron chi connectivity index (χ2n) is 7.09. The fourth-order valence-corrected chi connectivity index (χ4v) is 3.46. The molecule has 1 fully saturated rings. The van der Waals surface area contributed by atoms with Crippen LogP contribution in [0.1, 0.15) is 28.9 Å². The average Bonchev–Trinajstić information content (AvgIpc) is 3.16. The third kappa shape index (κ3) is 2.89. The van der Waals surface area contributed by atoms with Gasteiger partial charge in [0.2, 0.25) is 12.7 Å². The lowest BCUT2D eigenvalue weighted by Crippen LogP contribution is -2.29. The van der Waals surface area contributed by atoms with Crippen molar-refractivity contribution < 1.29 is 23.6 Å². The molecule has 29 heavy (non-hydrogen) atoms. The zero-order valence-corrected chi connectivity index (χ0v) is 15.3. The van der Waals surface area contributed by atoms with Crippen LogP contribution in [-0.4, -0.2) is 23.8 Å². The van der Waals surface area contributed by atoms with Gasteiger partial charge in [-0.3, -0.25) is 9.59 Å².